The SMILES string of the molecule is CNC(=O)OCc1ccc(C[NH3+])cc1. The summed E-state index contributed by atoms with van der Waals surface area (Å²) in [6, 6.07) is 7.83. The Bertz CT molecular complexity index is 295. The van der Waals surface area contributed by atoms with E-state index in [1.54, 1.807) is 0 Å². The van der Waals surface area contributed by atoms with Crippen LogP contribution >= 0.6 is 0 Å². The van der Waals surface area contributed by atoms with E-state index in [2.05, 4.69) is 11.1 Å². The summed E-state index contributed by atoms with van der Waals surface area (Å²) in [5.74, 6) is 0. The lowest BCUT2D eigenvalue weighted by atomic mass is 10.1. The lowest BCUT2D eigenvalue weighted by Crippen LogP contribution is -2.47. The second kappa shape index (κ2) is 5.24. The summed E-state index contributed by atoms with van der Waals surface area (Å²) in [4.78, 5) is 10.8. The zero-order chi connectivity index (χ0) is 10.4. The Kier molecular flexibility index (Phi) is 3.94. The Morgan fingerprint density at radius 2 is 1.93 bits per heavy atom. The Hall–Kier alpha value is -1.55. The maximum absolute atomic E-state index is 10.8. The van der Waals surface area contributed by atoms with Crippen LogP contribution in [0.4, 0.5) is 4.79 Å². The minimum atomic E-state index is -0.411. The van der Waals surface area contributed by atoms with Crippen LogP contribution in [0, 0.1) is 0 Å². The second-order valence-electron chi connectivity index (χ2n) is 2.89. The molecule has 0 spiro atoms. The van der Waals surface area contributed by atoms with E-state index in [0.717, 1.165) is 12.1 Å². The Labute approximate surface area is 83.1 Å². The first-order valence-corrected chi connectivity index (χ1v) is 4.48. The van der Waals surface area contributed by atoms with E-state index in [9.17, 15) is 4.79 Å². The zero-order valence-corrected chi connectivity index (χ0v) is 8.25. The molecule has 0 bridgehead atoms. The number of benzene rings is 1. The summed E-state index contributed by atoms with van der Waals surface area (Å²) < 4.78 is 4.89. The van der Waals surface area contributed by atoms with Gasteiger partial charge in [-0.15, -0.1) is 0 Å². The van der Waals surface area contributed by atoms with Crippen molar-refractivity contribution in [3.63, 3.8) is 0 Å². The molecule has 0 atom stereocenters. The minimum absolute atomic E-state index is 0.303. The number of amides is 1. The fourth-order valence-electron chi connectivity index (χ4n) is 1.02. The zero-order valence-electron chi connectivity index (χ0n) is 8.25. The fourth-order valence-corrected chi connectivity index (χ4v) is 1.02. The predicted molar refractivity (Wildman–Crippen MR) is 52.3 cm³/mol. The molecule has 4 heteroatoms. The molecule has 0 aliphatic rings. The lowest BCUT2D eigenvalue weighted by molar-refractivity contribution is -0.386. The van der Waals surface area contributed by atoms with Crippen LogP contribution in [0.1, 0.15) is 11.1 Å². The van der Waals surface area contributed by atoms with Gasteiger partial charge in [-0.1, -0.05) is 24.3 Å². The van der Waals surface area contributed by atoms with Gasteiger partial charge < -0.3 is 15.8 Å². The van der Waals surface area contributed by atoms with Crippen molar-refractivity contribution in [3.8, 4) is 0 Å². The summed E-state index contributed by atoms with van der Waals surface area (Å²) >= 11 is 0. The molecular weight excluding hydrogens is 180 g/mol. The highest BCUT2D eigenvalue weighted by molar-refractivity contribution is 5.66. The average molecular weight is 195 g/mol. The normalized spacial score (nSPS) is 9.57. The van der Waals surface area contributed by atoms with Crippen LogP contribution in [0.2, 0.25) is 0 Å². The van der Waals surface area contributed by atoms with E-state index in [4.69, 9.17) is 4.74 Å². The number of nitrogens with one attached hydrogen (secondary N) is 1. The Balaban J connectivity index is 2.47. The molecule has 76 valence electrons. The van der Waals surface area contributed by atoms with Gasteiger partial charge in [-0.2, -0.15) is 0 Å². The van der Waals surface area contributed by atoms with E-state index >= 15 is 0 Å². The van der Waals surface area contributed by atoms with Gasteiger partial charge in [0.05, 0.1) is 6.54 Å². The molecule has 1 amide bonds. The molecule has 0 aliphatic carbocycles. The standard InChI is InChI=1S/C10H14N2O2/c1-12-10(13)14-7-9-4-2-8(6-11)3-5-9/h2-5H,6-7,11H2,1H3,(H,12,13)/p+1. The van der Waals surface area contributed by atoms with E-state index in [-0.39, 0.29) is 0 Å². The quantitative estimate of drug-likeness (QED) is 0.727. The molecule has 1 rings (SSSR count). The molecule has 4 N–H and O–H groups in total. The van der Waals surface area contributed by atoms with Gasteiger partial charge in [-0.25, -0.2) is 4.79 Å². The third-order valence-corrected chi connectivity index (χ3v) is 1.89. The van der Waals surface area contributed by atoms with E-state index in [0.29, 0.717) is 6.61 Å². The van der Waals surface area contributed by atoms with Crippen molar-refractivity contribution in [2.24, 2.45) is 0 Å². The lowest BCUT2D eigenvalue weighted by Gasteiger charge is -2.03. The third kappa shape index (κ3) is 3.06. The summed E-state index contributed by atoms with van der Waals surface area (Å²) in [6.07, 6.45) is -0.411. The van der Waals surface area contributed by atoms with Gasteiger partial charge in [0.1, 0.15) is 6.61 Å². The van der Waals surface area contributed by atoms with Crippen molar-refractivity contribution in [1.29, 1.82) is 0 Å². The molecule has 0 aromatic heterocycles. The number of ether oxygens (including phenoxy) is 1. The van der Waals surface area contributed by atoms with Gasteiger partial charge in [-0.05, 0) is 5.56 Å². The number of carbonyl (C=O) groups is 1. The smallest absolute Gasteiger partial charge is 0.407 e. The number of alkyl carbamates (subject to hydrolysis) is 1. The highest BCUT2D eigenvalue weighted by Crippen LogP contribution is 2.04. The topological polar surface area (TPSA) is 66.0 Å². The number of quaternary nitrogens is 1. The maximum Gasteiger partial charge on any atom is 0.407 e. The molecule has 4 nitrogen and oxygen atoms in total. The number of hydrogen-bond acceptors (Lipinski definition) is 2. The molecule has 0 saturated heterocycles. The first kappa shape index (κ1) is 10.5. The molecule has 0 fully saturated rings. The Morgan fingerprint density at radius 3 is 2.43 bits per heavy atom. The summed E-state index contributed by atoms with van der Waals surface area (Å²) in [7, 11) is 1.54. The maximum atomic E-state index is 10.8. The molecule has 1 aromatic carbocycles. The van der Waals surface area contributed by atoms with Crippen molar-refractivity contribution < 1.29 is 15.3 Å². The first-order chi connectivity index (χ1) is 6.76. The van der Waals surface area contributed by atoms with Crippen LogP contribution < -0.4 is 11.1 Å². The van der Waals surface area contributed by atoms with Crippen molar-refractivity contribution >= 4 is 6.09 Å². The second-order valence-corrected chi connectivity index (χ2v) is 2.89. The largest absolute Gasteiger partial charge is 0.445 e. The van der Waals surface area contributed by atoms with Gasteiger partial charge in [0, 0.05) is 12.6 Å². The van der Waals surface area contributed by atoms with Gasteiger partial charge in [-0.3, -0.25) is 0 Å². The molecule has 14 heavy (non-hydrogen) atoms. The van der Waals surface area contributed by atoms with E-state index < -0.39 is 6.09 Å². The molecular formula is C10H15N2O2+. The van der Waals surface area contributed by atoms with Crippen LogP contribution in [-0.2, 0) is 17.9 Å². The van der Waals surface area contributed by atoms with Crippen LogP contribution in [0.3, 0.4) is 0 Å². The first-order valence-electron chi connectivity index (χ1n) is 4.48. The predicted octanol–water partition coefficient (Wildman–Crippen LogP) is 0.285. The van der Waals surface area contributed by atoms with Gasteiger partial charge in [0.25, 0.3) is 0 Å². The van der Waals surface area contributed by atoms with Crippen molar-refractivity contribution in [3.05, 3.63) is 35.4 Å². The van der Waals surface area contributed by atoms with Crippen LogP contribution in [0.25, 0.3) is 0 Å². The van der Waals surface area contributed by atoms with Gasteiger partial charge in [0.2, 0.25) is 0 Å². The fraction of sp³-hybridized carbons (Fsp3) is 0.300. The molecule has 0 unspecified atom stereocenters. The number of rotatable bonds is 3. The highest BCUT2D eigenvalue weighted by Gasteiger charge is 1.99. The number of hydrogen-bond donors (Lipinski definition) is 2. The molecule has 0 radical (unpaired) electrons. The average Bonchev–Trinajstić information content (AvgIpc) is 2.26. The summed E-state index contributed by atoms with van der Waals surface area (Å²) in [5, 5.41) is 2.39. The number of carbonyl (C=O) groups excluding carboxylic acids is 1. The van der Waals surface area contributed by atoms with Crippen LogP contribution in [0.15, 0.2) is 24.3 Å². The van der Waals surface area contributed by atoms with E-state index in [1.165, 1.54) is 12.6 Å². The minimum Gasteiger partial charge on any atom is -0.445 e. The summed E-state index contributed by atoms with van der Waals surface area (Å²) in [6.45, 7) is 1.08. The van der Waals surface area contributed by atoms with Crippen LogP contribution in [-0.4, -0.2) is 13.1 Å². The van der Waals surface area contributed by atoms with Crippen LogP contribution in [0.5, 0.6) is 0 Å². The van der Waals surface area contributed by atoms with Crippen molar-refractivity contribution in [2.75, 3.05) is 7.05 Å². The van der Waals surface area contributed by atoms with E-state index in [1.807, 2.05) is 24.3 Å². The van der Waals surface area contributed by atoms with Crippen molar-refractivity contribution in [2.45, 2.75) is 13.2 Å². The van der Waals surface area contributed by atoms with Gasteiger partial charge in [0.15, 0.2) is 0 Å². The highest BCUT2D eigenvalue weighted by atomic mass is 16.5. The molecule has 0 aliphatic heterocycles. The third-order valence-electron chi connectivity index (χ3n) is 1.89. The monoisotopic (exact) mass is 195 g/mol. The summed E-state index contributed by atoms with van der Waals surface area (Å²) in [5.41, 5.74) is 5.93. The molecule has 0 saturated carbocycles. The molecule has 1 aromatic rings. The van der Waals surface area contributed by atoms with Gasteiger partial charge >= 0.3 is 6.09 Å². The Morgan fingerprint density at radius 1 is 1.36 bits per heavy atom. The molecule has 0 heterocycles. The van der Waals surface area contributed by atoms with Crippen molar-refractivity contribution in [1.82, 2.24) is 5.32 Å².